The number of carboxylic acid groups (broad SMARTS) is 1. The number of aliphatic carboxylic acids is 1. The highest BCUT2D eigenvalue weighted by Gasteiger charge is 2.19. The lowest BCUT2D eigenvalue weighted by Crippen LogP contribution is -2.36. The zero-order valence-electron chi connectivity index (χ0n) is 15.0. The van der Waals surface area contributed by atoms with Gasteiger partial charge in [0, 0.05) is 33.3 Å². The zero-order chi connectivity index (χ0) is 19.0. The molecule has 0 unspecified atom stereocenters. The number of carbonyl (C=O) groups is 1. The van der Waals surface area contributed by atoms with Gasteiger partial charge in [0.25, 0.3) is 5.56 Å². The van der Waals surface area contributed by atoms with Crippen molar-refractivity contribution in [3.8, 4) is 11.3 Å². The predicted molar refractivity (Wildman–Crippen MR) is 99.5 cm³/mol. The van der Waals surface area contributed by atoms with Crippen LogP contribution in [-0.2, 0) is 25.4 Å². The highest BCUT2D eigenvalue weighted by Crippen LogP contribution is 2.29. The molecule has 26 heavy (non-hydrogen) atoms. The summed E-state index contributed by atoms with van der Waals surface area (Å²) in [5.41, 5.74) is 2.44. The van der Waals surface area contributed by atoms with Crippen LogP contribution in [0, 0.1) is 6.92 Å². The number of hydrogen-bond donors (Lipinski definition) is 1. The van der Waals surface area contributed by atoms with E-state index in [0.29, 0.717) is 29.6 Å². The molecule has 0 saturated carbocycles. The molecule has 0 fully saturated rings. The van der Waals surface area contributed by atoms with E-state index in [9.17, 15) is 14.4 Å². The summed E-state index contributed by atoms with van der Waals surface area (Å²) in [5.74, 6) is -0.859. The van der Waals surface area contributed by atoms with Crippen LogP contribution in [0.2, 0.25) is 0 Å². The number of rotatable bonds is 5. The van der Waals surface area contributed by atoms with Gasteiger partial charge in [-0.2, -0.15) is 0 Å². The molecule has 0 spiro atoms. The SMILES string of the molecule is Cc1cccc(-c2c3c(=O)n(C)c(=O)n(C)c3cn2CCCC(=O)O)c1. The Bertz CT molecular complexity index is 1120. The normalized spacial score (nSPS) is 11.2. The third-order valence-electron chi connectivity index (χ3n) is 4.59. The minimum atomic E-state index is -0.859. The van der Waals surface area contributed by atoms with Crippen molar-refractivity contribution in [2.45, 2.75) is 26.3 Å². The van der Waals surface area contributed by atoms with Crippen molar-refractivity contribution in [1.29, 1.82) is 0 Å². The second-order valence-electron chi connectivity index (χ2n) is 6.50. The van der Waals surface area contributed by atoms with Gasteiger partial charge in [0.15, 0.2) is 0 Å². The average Bonchev–Trinajstić information content (AvgIpc) is 2.97. The Morgan fingerprint density at radius 2 is 1.88 bits per heavy atom. The molecule has 0 atom stereocenters. The quantitative estimate of drug-likeness (QED) is 0.757. The van der Waals surface area contributed by atoms with E-state index in [0.717, 1.165) is 15.7 Å². The first-order valence-electron chi connectivity index (χ1n) is 8.39. The molecule has 0 bridgehead atoms. The van der Waals surface area contributed by atoms with Gasteiger partial charge in [-0.3, -0.25) is 18.7 Å². The summed E-state index contributed by atoms with van der Waals surface area (Å²) in [6, 6.07) is 7.78. The lowest BCUT2D eigenvalue weighted by Gasteiger charge is -2.10. The number of benzene rings is 1. The Kier molecular flexibility index (Phi) is 4.54. The van der Waals surface area contributed by atoms with Gasteiger partial charge in [0.2, 0.25) is 0 Å². The van der Waals surface area contributed by atoms with Gasteiger partial charge in [0.1, 0.15) is 0 Å². The van der Waals surface area contributed by atoms with Crippen molar-refractivity contribution >= 4 is 16.9 Å². The molecule has 0 saturated heterocycles. The van der Waals surface area contributed by atoms with Gasteiger partial charge in [-0.25, -0.2) is 4.79 Å². The smallest absolute Gasteiger partial charge is 0.330 e. The van der Waals surface area contributed by atoms with Gasteiger partial charge >= 0.3 is 11.7 Å². The summed E-state index contributed by atoms with van der Waals surface area (Å²) in [6.07, 6.45) is 2.24. The molecule has 0 aliphatic rings. The minimum Gasteiger partial charge on any atom is -0.481 e. The van der Waals surface area contributed by atoms with Crippen molar-refractivity contribution in [3.05, 3.63) is 56.9 Å². The first kappa shape index (κ1) is 17.7. The van der Waals surface area contributed by atoms with Crippen LogP contribution < -0.4 is 11.2 Å². The minimum absolute atomic E-state index is 0.0404. The topological polar surface area (TPSA) is 86.2 Å². The number of aromatic nitrogens is 3. The second-order valence-corrected chi connectivity index (χ2v) is 6.50. The molecule has 7 heteroatoms. The standard InChI is InChI=1S/C19H21N3O4/c1-12-6-4-7-13(10-12)17-16-14(11-22(17)9-5-8-15(23)24)20(2)19(26)21(3)18(16)25/h4,6-7,10-11H,5,8-9H2,1-3H3,(H,23,24). The van der Waals surface area contributed by atoms with Crippen LogP contribution in [0.3, 0.4) is 0 Å². The van der Waals surface area contributed by atoms with E-state index in [2.05, 4.69) is 0 Å². The number of carboxylic acids is 1. The van der Waals surface area contributed by atoms with Crippen LogP contribution in [0.5, 0.6) is 0 Å². The van der Waals surface area contributed by atoms with E-state index >= 15 is 0 Å². The lowest BCUT2D eigenvalue weighted by molar-refractivity contribution is -0.137. The molecular weight excluding hydrogens is 334 g/mol. The van der Waals surface area contributed by atoms with Gasteiger partial charge in [-0.05, 0) is 25.0 Å². The molecule has 2 aromatic heterocycles. The first-order chi connectivity index (χ1) is 12.3. The number of nitrogens with zero attached hydrogens (tertiary/aromatic N) is 3. The first-order valence-corrected chi connectivity index (χ1v) is 8.39. The molecule has 2 heterocycles. The Labute approximate surface area is 149 Å². The fourth-order valence-corrected chi connectivity index (χ4v) is 3.27. The highest BCUT2D eigenvalue weighted by atomic mass is 16.4. The molecule has 0 amide bonds. The van der Waals surface area contributed by atoms with Crippen LogP contribution in [-0.4, -0.2) is 24.8 Å². The van der Waals surface area contributed by atoms with E-state index in [1.807, 2.05) is 35.8 Å². The summed E-state index contributed by atoms with van der Waals surface area (Å²) >= 11 is 0. The maximum atomic E-state index is 12.8. The predicted octanol–water partition coefficient (Wildman–Crippen LogP) is 1.88. The maximum Gasteiger partial charge on any atom is 0.330 e. The average molecular weight is 355 g/mol. The molecule has 3 aromatic rings. The van der Waals surface area contributed by atoms with E-state index in [4.69, 9.17) is 5.11 Å². The Balaban J connectivity index is 2.32. The monoisotopic (exact) mass is 355 g/mol. The van der Waals surface area contributed by atoms with Gasteiger partial charge in [-0.15, -0.1) is 0 Å². The Morgan fingerprint density at radius 3 is 2.54 bits per heavy atom. The Morgan fingerprint density at radius 1 is 1.15 bits per heavy atom. The molecule has 0 radical (unpaired) electrons. The van der Waals surface area contributed by atoms with Crippen molar-refractivity contribution in [2.24, 2.45) is 14.1 Å². The molecule has 136 valence electrons. The van der Waals surface area contributed by atoms with Crippen LogP contribution in [0.4, 0.5) is 0 Å². The highest BCUT2D eigenvalue weighted by molar-refractivity contribution is 5.93. The van der Waals surface area contributed by atoms with Crippen LogP contribution in [0.1, 0.15) is 18.4 Å². The van der Waals surface area contributed by atoms with Crippen molar-refractivity contribution in [2.75, 3.05) is 0 Å². The van der Waals surface area contributed by atoms with E-state index in [1.54, 1.807) is 13.2 Å². The molecule has 0 aliphatic carbocycles. The largest absolute Gasteiger partial charge is 0.481 e. The summed E-state index contributed by atoms with van der Waals surface area (Å²) in [5, 5.41) is 9.38. The third kappa shape index (κ3) is 2.96. The molecular formula is C19H21N3O4. The molecule has 1 aromatic carbocycles. The molecule has 1 N–H and O–H groups in total. The molecule has 7 nitrogen and oxygen atoms in total. The van der Waals surface area contributed by atoms with Crippen LogP contribution in [0.25, 0.3) is 22.2 Å². The zero-order valence-corrected chi connectivity index (χ0v) is 15.0. The Hall–Kier alpha value is -3.09. The fourth-order valence-electron chi connectivity index (χ4n) is 3.27. The molecule has 3 rings (SSSR count). The number of fused-ring (bicyclic) bond motifs is 1. The summed E-state index contributed by atoms with van der Waals surface area (Å²) in [6.45, 7) is 2.42. The third-order valence-corrected chi connectivity index (χ3v) is 4.59. The maximum absolute atomic E-state index is 12.8. The van der Waals surface area contributed by atoms with E-state index in [1.165, 1.54) is 11.6 Å². The van der Waals surface area contributed by atoms with Crippen molar-refractivity contribution in [3.63, 3.8) is 0 Å². The summed E-state index contributed by atoms with van der Waals surface area (Å²) < 4.78 is 4.43. The van der Waals surface area contributed by atoms with Crippen molar-refractivity contribution < 1.29 is 9.90 Å². The van der Waals surface area contributed by atoms with Gasteiger partial charge < -0.3 is 9.67 Å². The van der Waals surface area contributed by atoms with Crippen molar-refractivity contribution in [1.82, 2.24) is 13.7 Å². The van der Waals surface area contributed by atoms with Crippen LogP contribution in [0.15, 0.2) is 40.1 Å². The lowest BCUT2D eigenvalue weighted by atomic mass is 10.1. The summed E-state index contributed by atoms with van der Waals surface area (Å²) in [4.78, 5) is 35.9. The van der Waals surface area contributed by atoms with E-state index < -0.39 is 5.97 Å². The van der Waals surface area contributed by atoms with Gasteiger partial charge in [-0.1, -0.05) is 23.8 Å². The second kappa shape index (κ2) is 6.67. The fraction of sp³-hybridized carbons (Fsp3) is 0.316. The number of aryl methyl sites for hydroxylation is 3. The van der Waals surface area contributed by atoms with E-state index in [-0.39, 0.29) is 17.7 Å². The van der Waals surface area contributed by atoms with Crippen LogP contribution >= 0.6 is 0 Å². The molecule has 0 aliphatic heterocycles. The summed E-state index contributed by atoms with van der Waals surface area (Å²) in [7, 11) is 3.09. The van der Waals surface area contributed by atoms with Gasteiger partial charge in [0.05, 0.1) is 16.6 Å². The number of hydrogen-bond acceptors (Lipinski definition) is 3.